The van der Waals surface area contributed by atoms with Gasteiger partial charge in [0.05, 0.1) is 128 Å². The number of nitro groups is 1. The average Bonchev–Trinajstić information content (AvgIpc) is 1.60. The molecule has 0 unspecified atom stereocenters. The molecule has 0 aliphatic heterocycles. The van der Waals surface area contributed by atoms with E-state index in [0.717, 1.165) is 5.56 Å². The lowest BCUT2D eigenvalue weighted by Gasteiger charge is -2.13. The summed E-state index contributed by atoms with van der Waals surface area (Å²) in [6, 6.07) is 16.7. The number of carbonyl (C=O) groups is 8. The normalized spacial score (nSPS) is 11.0. The van der Waals surface area contributed by atoms with Crippen molar-refractivity contribution in [1.29, 1.82) is 0 Å². The highest BCUT2D eigenvalue weighted by Crippen LogP contribution is 2.32. The molecule has 8 amide bonds. The van der Waals surface area contributed by atoms with Gasteiger partial charge in [0, 0.05) is 130 Å². The van der Waals surface area contributed by atoms with Gasteiger partial charge in [-0.15, -0.1) is 0 Å². The van der Waals surface area contributed by atoms with Gasteiger partial charge in [-0.2, -0.15) is 0 Å². The highest BCUT2D eigenvalue weighted by Gasteiger charge is 2.22. The number of carbonyl (C=O) groups excluding carboxylic acids is 8. The van der Waals surface area contributed by atoms with Crippen LogP contribution in [-0.4, -0.2) is 222 Å². The highest BCUT2D eigenvalue weighted by molar-refractivity contribution is 6.05. The van der Waals surface area contributed by atoms with E-state index in [2.05, 4.69) is 57.5 Å². The number of nitrogens with zero attached hydrogens (tertiary/aromatic N) is 9. The Bertz CT molecular complexity index is 3920. The maximum absolute atomic E-state index is 13.3. The summed E-state index contributed by atoms with van der Waals surface area (Å²) in [5.74, 6) is -2.66. The molecule has 5 heterocycles. The third-order valence-corrected chi connectivity index (χ3v) is 14.6. The lowest BCUT2D eigenvalue weighted by Crippen LogP contribution is -2.33. The van der Waals surface area contributed by atoms with Crippen molar-refractivity contribution < 1.29 is 90.6 Å². The molecule has 2 aromatic carbocycles. The first-order valence-corrected chi connectivity index (χ1v) is 33.2. The van der Waals surface area contributed by atoms with Crippen molar-refractivity contribution >= 4 is 81.8 Å². The van der Waals surface area contributed by atoms with Gasteiger partial charge >= 0.3 is 0 Å². The van der Waals surface area contributed by atoms with Crippen LogP contribution in [0.5, 0.6) is 11.5 Å². The Labute approximate surface area is 598 Å². The molecule has 0 atom stereocenters. The zero-order valence-corrected chi connectivity index (χ0v) is 58.6. The number of ether oxygens (including phenoxy) is 10. The summed E-state index contributed by atoms with van der Waals surface area (Å²) < 4.78 is 63.3. The fraction of sp³-hybridized carbons (Fsp3) is 0.448. The molecule has 37 nitrogen and oxygen atoms in total. The highest BCUT2D eigenvalue weighted by atomic mass is 16.6. The van der Waals surface area contributed by atoms with E-state index in [4.69, 9.17) is 47.4 Å². The zero-order chi connectivity index (χ0) is 74.4. The van der Waals surface area contributed by atoms with Crippen molar-refractivity contribution in [3.63, 3.8) is 0 Å². The Kier molecular flexibility index (Phi) is 33.8. The van der Waals surface area contributed by atoms with Crippen LogP contribution < -0.4 is 52.0 Å². The summed E-state index contributed by atoms with van der Waals surface area (Å²) in [5.41, 5.74) is 1.67. The largest absolute Gasteiger partial charge is 0.487 e. The molecule has 0 aliphatic rings. The van der Waals surface area contributed by atoms with Gasteiger partial charge in [-0.05, 0) is 17.7 Å². The number of hydrogen-bond acceptors (Lipinski definition) is 23. The number of benzene rings is 2. The number of nitro benzene ring substituents is 1. The SMILES string of the molecule is Cn1cc(NC(=O)c2nccn2C)cc1NC(=O)CCC(=O)Nc1cn(C)c(C(=O)Nc2cc(C(=O)NCCC(=O)Nc3cn(C)c(C(=O)NCCC(=O)NCCOCCOCCOCCOCCOCCOCCOCCOCCOc4ccc([N+](=O)[O-])cc4OCc4ccccc4)n3)n(C)c2)n1. The van der Waals surface area contributed by atoms with E-state index in [1.165, 1.54) is 62.8 Å². The maximum atomic E-state index is 13.3. The average molecular weight is 1450 g/mol. The van der Waals surface area contributed by atoms with E-state index in [0.29, 0.717) is 110 Å². The monoisotopic (exact) mass is 1450 g/mol. The van der Waals surface area contributed by atoms with Crippen LogP contribution in [0.4, 0.5) is 34.5 Å². The van der Waals surface area contributed by atoms with Gasteiger partial charge in [0.25, 0.3) is 29.3 Å². The Morgan fingerprint density at radius 2 is 0.904 bits per heavy atom. The molecule has 0 saturated carbocycles. The Hall–Kier alpha value is -10.9. The lowest BCUT2D eigenvalue weighted by molar-refractivity contribution is -0.385. The standard InChI is InChI=1S/C67H89N17O20/c1-79-21-19-69-61(79)66(91)73-49-40-56(81(3)43-49)78-59(87)14-13-58(86)74-54-45-83(5)63(77-54)67(92)72-48-39-51(80(2)42-48)64(89)70-18-16-60(88)75-55-44-82(4)62(76-55)65(90)71-17-15-57(85)68-20-22-95-23-24-96-25-26-97-27-28-98-29-30-99-31-32-100-33-34-101-35-36-102-37-38-103-52-12-11-50(84(93)94)41-53(52)104-46-47-9-7-6-8-10-47/h6-12,19,21,39-45H,13-18,20,22-38,46H2,1-5H3,(H,68,85)(H,70,89)(H,71,90)(H,72,92)(H,73,91)(H,74,86)(H,75,88)(H,78,87). The van der Waals surface area contributed by atoms with Crippen LogP contribution in [0, 0.1) is 10.1 Å². The van der Waals surface area contributed by atoms with Crippen LogP contribution in [0.25, 0.3) is 0 Å². The number of aromatic nitrogens is 8. The fourth-order valence-electron chi connectivity index (χ4n) is 9.42. The number of nitrogens with one attached hydrogen (secondary N) is 8. The first kappa shape index (κ1) is 80.4. The third kappa shape index (κ3) is 28.5. The molecule has 0 aliphatic carbocycles. The molecule has 0 spiro atoms. The van der Waals surface area contributed by atoms with Crippen LogP contribution >= 0.6 is 0 Å². The molecule has 5 aromatic heterocycles. The van der Waals surface area contributed by atoms with E-state index in [1.54, 1.807) is 62.8 Å². The predicted octanol–water partition coefficient (Wildman–Crippen LogP) is 3.12. The van der Waals surface area contributed by atoms with Gasteiger partial charge in [-0.25, -0.2) is 15.0 Å². The van der Waals surface area contributed by atoms with Crippen molar-refractivity contribution in [2.24, 2.45) is 35.2 Å². The van der Waals surface area contributed by atoms with E-state index < -0.39 is 46.3 Å². The number of non-ortho nitro benzene ring substituents is 1. The van der Waals surface area contributed by atoms with Crippen LogP contribution in [0.15, 0.2) is 97.8 Å². The Morgan fingerprint density at radius 3 is 1.45 bits per heavy atom. The zero-order valence-electron chi connectivity index (χ0n) is 58.6. The molecule has 0 saturated heterocycles. The predicted molar refractivity (Wildman–Crippen MR) is 374 cm³/mol. The van der Waals surface area contributed by atoms with Crippen LogP contribution in [0.1, 0.15) is 73.6 Å². The summed E-state index contributed by atoms with van der Waals surface area (Å²) in [5, 5.41) is 32.6. The molecule has 0 bridgehead atoms. The molecular weight excluding hydrogens is 1360 g/mol. The maximum Gasteiger partial charge on any atom is 0.291 e. The fourth-order valence-corrected chi connectivity index (χ4v) is 9.42. The minimum Gasteiger partial charge on any atom is -0.487 e. The van der Waals surface area contributed by atoms with Crippen molar-refractivity contribution in [1.82, 2.24) is 53.7 Å². The Morgan fingerprint density at radius 1 is 0.423 bits per heavy atom. The van der Waals surface area contributed by atoms with Gasteiger partial charge in [0.1, 0.15) is 24.7 Å². The van der Waals surface area contributed by atoms with Crippen molar-refractivity contribution in [2.75, 3.05) is 159 Å². The third-order valence-electron chi connectivity index (χ3n) is 14.6. The van der Waals surface area contributed by atoms with Crippen LogP contribution in [-0.2, 0) is 98.9 Å². The van der Waals surface area contributed by atoms with E-state index in [-0.39, 0.29) is 130 Å². The lowest BCUT2D eigenvalue weighted by atomic mass is 10.2. The second kappa shape index (κ2) is 43.8. The molecule has 7 rings (SSSR count). The van der Waals surface area contributed by atoms with Crippen molar-refractivity contribution in [3.8, 4) is 11.5 Å². The minimum atomic E-state index is -0.648. The van der Waals surface area contributed by atoms with E-state index in [9.17, 15) is 48.5 Å². The summed E-state index contributed by atoms with van der Waals surface area (Å²) >= 11 is 0. The first-order valence-electron chi connectivity index (χ1n) is 33.2. The van der Waals surface area contributed by atoms with E-state index in [1.807, 2.05) is 30.3 Å². The molecule has 37 heteroatoms. The van der Waals surface area contributed by atoms with Gasteiger partial charge in [-0.1, -0.05) is 30.3 Å². The number of hydrogen-bond donors (Lipinski definition) is 8. The number of rotatable bonds is 50. The number of imidazole rings is 3. The molecule has 0 fully saturated rings. The smallest absolute Gasteiger partial charge is 0.291 e. The molecule has 0 radical (unpaired) electrons. The molecular formula is C67H89N17O20. The van der Waals surface area contributed by atoms with E-state index >= 15 is 0 Å². The van der Waals surface area contributed by atoms with Gasteiger partial charge in [0.15, 0.2) is 29.0 Å². The number of anilines is 5. The van der Waals surface area contributed by atoms with Gasteiger partial charge in [-0.3, -0.25) is 48.5 Å². The second-order valence-corrected chi connectivity index (χ2v) is 22.8. The Balaban J connectivity index is 0.618. The quantitative estimate of drug-likeness (QED) is 0.0154. The summed E-state index contributed by atoms with van der Waals surface area (Å²) in [7, 11) is 8.07. The van der Waals surface area contributed by atoms with Gasteiger partial charge < -0.3 is 113 Å². The molecule has 8 N–H and O–H groups in total. The topological polar surface area (TPSA) is 432 Å². The molecule has 104 heavy (non-hydrogen) atoms. The minimum absolute atomic E-state index is 0.00722. The summed E-state index contributed by atoms with van der Waals surface area (Å²) in [4.78, 5) is 126. The molecule has 7 aromatic rings. The van der Waals surface area contributed by atoms with Gasteiger partial charge in [0.2, 0.25) is 35.3 Å². The second-order valence-electron chi connectivity index (χ2n) is 22.8. The van der Waals surface area contributed by atoms with Crippen LogP contribution in [0.3, 0.4) is 0 Å². The van der Waals surface area contributed by atoms with Crippen LogP contribution in [0.2, 0.25) is 0 Å². The summed E-state index contributed by atoms with van der Waals surface area (Å²) in [6.45, 7) is 6.53. The van der Waals surface area contributed by atoms with Crippen molar-refractivity contribution in [2.45, 2.75) is 32.3 Å². The molecule has 562 valence electrons. The number of amides is 8. The van der Waals surface area contributed by atoms with Crippen molar-refractivity contribution in [3.05, 3.63) is 137 Å². The number of aryl methyl sites for hydroxylation is 5. The summed E-state index contributed by atoms with van der Waals surface area (Å²) in [6.07, 6.45) is 8.58. The first-order chi connectivity index (χ1) is 50.3.